The van der Waals surface area contributed by atoms with Gasteiger partial charge >= 0.3 is 0 Å². The predicted octanol–water partition coefficient (Wildman–Crippen LogP) is 3.00. The van der Waals surface area contributed by atoms with Crippen molar-refractivity contribution >= 4 is 27.3 Å². The normalized spacial score (nSPS) is 11.2. The van der Waals surface area contributed by atoms with Gasteiger partial charge in [0, 0.05) is 23.8 Å². The van der Waals surface area contributed by atoms with Crippen molar-refractivity contribution in [2.75, 3.05) is 7.11 Å². The van der Waals surface area contributed by atoms with E-state index in [0.29, 0.717) is 5.56 Å². The van der Waals surface area contributed by atoms with Gasteiger partial charge in [-0.1, -0.05) is 11.6 Å². The molecule has 0 bridgehead atoms. The lowest BCUT2D eigenvalue weighted by Gasteiger charge is -2.13. The number of halogens is 1. The summed E-state index contributed by atoms with van der Waals surface area (Å²) in [4.78, 5) is 9.99. The molecule has 0 spiro atoms. The van der Waals surface area contributed by atoms with E-state index in [1.54, 1.807) is 6.92 Å². The second kappa shape index (κ2) is 6.63. The van der Waals surface area contributed by atoms with E-state index in [2.05, 4.69) is 0 Å². The standard InChI is InChI=1S/C14H13ClN2O6S/c1-8-5-9(17(18)19)6-11(15)14(8)23-10-3-4-12(22-2)13(7-10)24(16,20)21/h3-7H,1-2H3,(H2,16,20,21). The maximum absolute atomic E-state index is 11.6. The zero-order chi connectivity index (χ0) is 18.1. The van der Waals surface area contributed by atoms with Crippen LogP contribution in [0.3, 0.4) is 0 Å². The topological polar surface area (TPSA) is 122 Å². The molecule has 2 aromatic carbocycles. The fourth-order valence-corrected chi connectivity index (χ4v) is 3.02. The van der Waals surface area contributed by atoms with Gasteiger partial charge in [-0.05, 0) is 19.1 Å². The predicted molar refractivity (Wildman–Crippen MR) is 87.3 cm³/mol. The molecule has 128 valence electrons. The van der Waals surface area contributed by atoms with Gasteiger partial charge in [-0.15, -0.1) is 0 Å². The third-order valence-electron chi connectivity index (χ3n) is 3.09. The number of primary sulfonamides is 1. The van der Waals surface area contributed by atoms with Gasteiger partial charge in [-0.3, -0.25) is 10.1 Å². The molecule has 0 fully saturated rings. The van der Waals surface area contributed by atoms with E-state index >= 15 is 0 Å². The molecule has 0 aliphatic rings. The van der Waals surface area contributed by atoms with Crippen molar-refractivity contribution in [3.63, 3.8) is 0 Å². The number of nitrogens with zero attached hydrogens (tertiary/aromatic N) is 1. The lowest BCUT2D eigenvalue weighted by molar-refractivity contribution is -0.384. The molecule has 0 saturated carbocycles. The SMILES string of the molecule is COc1ccc(Oc2c(C)cc([N+](=O)[O-])cc2Cl)cc1S(N)(=O)=O. The van der Waals surface area contributed by atoms with Crippen LogP contribution in [0.25, 0.3) is 0 Å². The van der Waals surface area contributed by atoms with E-state index < -0.39 is 14.9 Å². The number of hydrogen-bond acceptors (Lipinski definition) is 6. The average Bonchev–Trinajstić information content (AvgIpc) is 2.49. The van der Waals surface area contributed by atoms with E-state index in [4.69, 9.17) is 26.2 Å². The number of methoxy groups -OCH3 is 1. The fourth-order valence-electron chi connectivity index (χ4n) is 2.01. The van der Waals surface area contributed by atoms with Crippen LogP contribution in [0.4, 0.5) is 5.69 Å². The first-order chi connectivity index (χ1) is 11.1. The third kappa shape index (κ3) is 3.75. The Morgan fingerprint density at radius 3 is 2.42 bits per heavy atom. The van der Waals surface area contributed by atoms with Crippen molar-refractivity contribution < 1.29 is 22.8 Å². The molecule has 10 heteroatoms. The minimum Gasteiger partial charge on any atom is -0.495 e. The highest BCUT2D eigenvalue weighted by Crippen LogP contribution is 2.37. The Kier molecular flexibility index (Phi) is 4.97. The van der Waals surface area contributed by atoms with Gasteiger partial charge < -0.3 is 9.47 Å². The first-order valence-corrected chi connectivity index (χ1v) is 8.39. The van der Waals surface area contributed by atoms with Crippen LogP contribution in [-0.4, -0.2) is 20.5 Å². The summed E-state index contributed by atoms with van der Waals surface area (Å²) in [6.45, 7) is 1.58. The van der Waals surface area contributed by atoms with Crippen molar-refractivity contribution in [2.24, 2.45) is 5.14 Å². The van der Waals surface area contributed by atoms with Crippen molar-refractivity contribution in [1.29, 1.82) is 0 Å². The lowest BCUT2D eigenvalue weighted by Crippen LogP contribution is -2.13. The molecule has 2 aromatic rings. The van der Waals surface area contributed by atoms with Crippen LogP contribution in [0.15, 0.2) is 35.2 Å². The fraction of sp³-hybridized carbons (Fsp3) is 0.143. The number of benzene rings is 2. The summed E-state index contributed by atoms with van der Waals surface area (Å²) in [6, 6.07) is 6.47. The summed E-state index contributed by atoms with van der Waals surface area (Å²) < 4.78 is 33.8. The first kappa shape index (κ1) is 18.0. The highest BCUT2D eigenvalue weighted by molar-refractivity contribution is 7.89. The lowest BCUT2D eigenvalue weighted by atomic mass is 10.2. The molecule has 0 atom stereocenters. The van der Waals surface area contributed by atoms with Crippen LogP contribution >= 0.6 is 11.6 Å². The number of ether oxygens (including phenoxy) is 2. The number of nitro benzene ring substituents is 1. The van der Waals surface area contributed by atoms with Crippen LogP contribution in [0.2, 0.25) is 5.02 Å². The summed E-state index contributed by atoms with van der Waals surface area (Å²) in [5.74, 6) is 0.378. The summed E-state index contributed by atoms with van der Waals surface area (Å²) in [5.41, 5.74) is 0.243. The van der Waals surface area contributed by atoms with E-state index in [1.807, 2.05) is 0 Å². The molecule has 0 unspecified atom stereocenters. The summed E-state index contributed by atoms with van der Waals surface area (Å²) >= 11 is 6.02. The quantitative estimate of drug-likeness (QED) is 0.635. The molecule has 8 nitrogen and oxygen atoms in total. The van der Waals surface area contributed by atoms with Gasteiger partial charge in [0.2, 0.25) is 10.0 Å². The number of sulfonamides is 1. The van der Waals surface area contributed by atoms with E-state index in [9.17, 15) is 18.5 Å². The van der Waals surface area contributed by atoms with Crippen LogP contribution in [0, 0.1) is 17.0 Å². The largest absolute Gasteiger partial charge is 0.495 e. The maximum atomic E-state index is 11.6. The van der Waals surface area contributed by atoms with Crippen molar-refractivity contribution in [3.05, 3.63) is 51.0 Å². The molecule has 0 aliphatic heterocycles. The maximum Gasteiger partial charge on any atom is 0.271 e. The number of non-ortho nitro benzene ring substituents is 1. The van der Waals surface area contributed by atoms with Crippen LogP contribution in [0.1, 0.15) is 5.56 Å². The number of nitrogens with two attached hydrogens (primary N) is 1. The zero-order valence-corrected chi connectivity index (χ0v) is 14.2. The second-order valence-corrected chi connectivity index (χ2v) is 6.73. The average molecular weight is 373 g/mol. The first-order valence-electron chi connectivity index (χ1n) is 6.46. The highest BCUT2D eigenvalue weighted by Gasteiger charge is 2.19. The molecule has 24 heavy (non-hydrogen) atoms. The second-order valence-electron chi connectivity index (χ2n) is 4.79. The molecule has 0 amide bonds. The molecule has 0 saturated heterocycles. The molecule has 2 rings (SSSR count). The molecule has 0 aromatic heterocycles. The van der Waals surface area contributed by atoms with Crippen molar-refractivity contribution in [3.8, 4) is 17.2 Å². The Labute approximate surface area is 143 Å². The Balaban J connectivity index is 2.48. The van der Waals surface area contributed by atoms with Crippen LogP contribution in [0.5, 0.6) is 17.2 Å². The van der Waals surface area contributed by atoms with Crippen LogP contribution < -0.4 is 14.6 Å². The number of rotatable bonds is 5. The van der Waals surface area contributed by atoms with Gasteiger partial charge in [-0.2, -0.15) is 0 Å². The Hall–Kier alpha value is -2.36. The van der Waals surface area contributed by atoms with Gasteiger partial charge in [0.05, 0.1) is 17.1 Å². The molecule has 0 aliphatic carbocycles. The van der Waals surface area contributed by atoms with Crippen LogP contribution in [-0.2, 0) is 10.0 Å². The Morgan fingerprint density at radius 1 is 1.25 bits per heavy atom. The minimum atomic E-state index is -4.03. The minimum absolute atomic E-state index is 0.0228. The molecule has 0 radical (unpaired) electrons. The van der Waals surface area contributed by atoms with Gasteiger partial charge in [0.25, 0.3) is 5.69 Å². The third-order valence-corrected chi connectivity index (χ3v) is 4.30. The monoisotopic (exact) mass is 372 g/mol. The zero-order valence-electron chi connectivity index (χ0n) is 12.6. The summed E-state index contributed by atoms with van der Waals surface area (Å²) in [6.07, 6.45) is 0. The van der Waals surface area contributed by atoms with E-state index in [1.165, 1.54) is 31.4 Å². The molecular formula is C14H13ClN2O6S. The van der Waals surface area contributed by atoms with Crippen molar-refractivity contribution in [2.45, 2.75) is 11.8 Å². The Morgan fingerprint density at radius 2 is 1.92 bits per heavy atom. The Bertz CT molecular complexity index is 890. The number of aryl methyl sites for hydroxylation is 1. The molecular weight excluding hydrogens is 360 g/mol. The van der Waals surface area contributed by atoms with E-state index in [-0.39, 0.29) is 32.9 Å². The highest BCUT2D eigenvalue weighted by atomic mass is 35.5. The number of hydrogen-bond donors (Lipinski definition) is 1. The van der Waals surface area contributed by atoms with Crippen molar-refractivity contribution in [1.82, 2.24) is 0 Å². The molecule has 0 heterocycles. The van der Waals surface area contributed by atoms with Gasteiger partial charge in [-0.25, -0.2) is 13.6 Å². The van der Waals surface area contributed by atoms with Gasteiger partial charge in [0.1, 0.15) is 22.1 Å². The summed E-state index contributed by atoms with van der Waals surface area (Å²) in [7, 11) is -2.72. The molecule has 2 N–H and O–H groups in total. The summed E-state index contributed by atoms with van der Waals surface area (Å²) in [5, 5.41) is 16.0. The van der Waals surface area contributed by atoms with Gasteiger partial charge in [0.15, 0.2) is 0 Å². The number of nitro groups is 1. The van der Waals surface area contributed by atoms with E-state index in [0.717, 1.165) is 6.07 Å². The smallest absolute Gasteiger partial charge is 0.271 e.